The van der Waals surface area contributed by atoms with Crippen molar-refractivity contribution in [3.8, 4) is 11.8 Å². The van der Waals surface area contributed by atoms with Gasteiger partial charge in [-0.25, -0.2) is 4.98 Å². The molecule has 1 amide bonds. The summed E-state index contributed by atoms with van der Waals surface area (Å²) < 4.78 is 0. The second-order valence-corrected chi connectivity index (χ2v) is 6.94. The highest BCUT2D eigenvalue weighted by Gasteiger charge is 2.32. The molecule has 28 heavy (non-hydrogen) atoms. The Morgan fingerprint density at radius 1 is 1.36 bits per heavy atom. The number of nitrogens with two attached hydrogens (primary N) is 2. The third kappa shape index (κ3) is 4.16. The summed E-state index contributed by atoms with van der Waals surface area (Å²) in [5.74, 6) is 6.60. The van der Waals surface area contributed by atoms with Gasteiger partial charge in [0.25, 0.3) is 0 Å². The summed E-state index contributed by atoms with van der Waals surface area (Å²) in [6.07, 6.45) is 3.05. The van der Waals surface area contributed by atoms with Gasteiger partial charge >= 0.3 is 0 Å². The van der Waals surface area contributed by atoms with Crippen molar-refractivity contribution in [2.45, 2.75) is 44.8 Å². The molecule has 1 aliphatic rings. The summed E-state index contributed by atoms with van der Waals surface area (Å²) in [6, 6.07) is 11.7. The van der Waals surface area contributed by atoms with E-state index in [2.05, 4.69) is 35.1 Å². The van der Waals surface area contributed by atoms with E-state index in [0.717, 1.165) is 29.1 Å². The molecule has 0 spiro atoms. The van der Waals surface area contributed by atoms with Crippen molar-refractivity contribution in [1.82, 2.24) is 4.98 Å². The first-order chi connectivity index (χ1) is 13.5. The number of hydrogen-bond donors (Lipinski definition) is 3. The van der Waals surface area contributed by atoms with Crippen molar-refractivity contribution in [1.29, 1.82) is 0 Å². The third-order valence-electron chi connectivity index (χ3n) is 4.99. The van der Waals surface area contributed by atoms with E-state index < -0.39 is 6.04 Å². The number of anilines is 2. The predicted molar refractivity (Wildman–Crippen MR) is 113 cm³/mol. The maximum absolute atomic E-state index is 12.4. The van der Waals surface area contributed by atoms with E-state index in [9.17, 15) is 4.79 Å². The molecule has 2 aromatic rings. The van der Waals surface area contributed by atoms with Gasteiger partial charge in [-0.1, -0.05) is 43.0 Å². The van der Waals surface area contributed by atoms with E-state index in [-0.39, 0.29) is 24.5 Å². The van der Waals surface area contributed by atoms with Crippen LogP contribution in [-0.4, -0.2) is 23.5 Å². The van der Waals surface area contributed by atoms with Crippen molar-refractivity contribution in [3.05, 3.63) is 53.7 Å². The zero-order valence-corrected chi connectivity index (χ0v) is 16.4. The van der Waals surface area contributed by atoms with Gasteiger partial charge in [0.1, 0.15) is 5.82 Å². The largest absolute Gasteiger partial charge is 0.363 e. The normalized spacial score (nSPS) is 19.2. The molecule has 3 atom stereocenters. The number of carbonyl (C=O) groups excluding carboxylic acids is 1. The lowest BCUT2D eigenvalue weighted by Crippen LogP contribution is -2.44. The van der Waals surface area contributed by atoms with E-state index in [1.54, 1.807) is 6.20 Å². The van der Waals surface area contributed by atoms with E-state index in [1.165, 1.54) is 0 Å². The van der Waals surface area contributed by atoms with E-state index in [1.807, 2.05) is 42.2 Å². The Hall–Kier alpha value is -2.88. The monoisotopic (exact) mass is 377 g/mol. The molecule has 0 radical (unpaired) electrons. The van der Waals surface area contributed by atoms with Crippen LogP contribution in [-0.2, 0) is 4.79 Å². The topological polar surface area (TPSA) is 97.3 Å². The summed E-state index contributed by atoms with van der Waals surface area (Å²) in [5, 5.41) is 3.51. The molecule has 0 saturated carbocycles. The van der Waals surface area contributed by atoms with Crippen LogP contribution >= 0.6 is 0 Å². The van der Waals surface area contributed by atoms with Crippen molar-refractivity contribution in [3.63, 3.8) is 0 Å². The highest BCUT2D eigenvalue weighted by Crippen LogP contribution is 2.38. The Bertz CT molecular complexity index is 884. The third-order valence-corrected chi connectivity index (χ3v) is 4.99. The smallest absolute Gasteiger partial charge is 0.226 e. The molecule has 6 heteroatoms. The second kappa shape index (κ2) is 8.87. The number of rotatable bonds is 4. The van der Waals surface area contributed by atoms with Gasteiger partial charge in [0.2, 0.25) is 5.91 Å². The van der Waals surface area contributed by atoms with Crippen LogP contribution in [0, 0.1) is 11.8 Å². The zero-order valence-electron chi connectivity index (χ0n) is 16.4. The number of nitrogens with one attached hydrogen (secondary N) is 1. The summed E-state index contributed by atoms with van der Waals surface area (Å²) in [4.78, 5) is 18.9. The minimum atomic E-state index is -0.394. The number of carbonyl (C=O) groups is 1. The Kier molecular flexibility index (Phi) is 6.30. The molecule has 1 unspecified atom stereocenters. The Balaban J connectivity index is 1.82. The van der Waals surface area contributed by atoms with Crippen molar-refractivity contribution in [2.75, 3.05) is 16.8 Å². The molecule has 1 aromatic heterocycles. The van der Waals surface area contributed by atoms with Crippen LogP contribution < -0.4 is 21.7 Å². The number of aromatic nitrogens is 1. The molecule has 6 nitrogen and oxygen atoms in total. The van der Waals surface area contributed by atoms with Crippen molar-refractivity contribution >= 4 is 17.4 Å². The van der Waals surface area contributed by atoms with Gasteiger partial charge in [0.15, 0.2) is 0 Å². The number of nitrogens with zero attached hydrogens (tertiary/aromatic N) is 2. The van der Waals surface area contributed by atoms with Crippen LogP contribution in [0.4, 0.5) is 11.5 Å². The fourth-order valence-corrected chi connectivity index (χ4v) is 3.61. The van der Waals surface area contributed by atoms with Gasteiger partial charge in [-0.05, 0) is 36.6 Å². The lowest BCUT2D eigenvalue weighted by molar-refractivity contribution is -0.118. The molecule has 5 N–H and O–H groups in total. The Morgan fingerprint density at radius 3 is 2.82 bits per heavy atom. The molecule has 1 aliphatic heterocycles. The number of pyridine rings is 1. The highest BCUT2D eigenvalue weighted by atomic mass is 16.2. The minimum absolute atomic E-state index is 0.0798. The van der Waals surface area contributed by atoms with Crippen molar-refractivity contribution < 1.29 is 4.79 Å². The Labute approximate surface area is 166 Å². The first-order valence-corrected chi connectivity index (χ1v) is 9.62. The minimum Gasteiger partial charge on any atom is -0.363 e. The summed E-state index contributed by atoms with van der Waals surface area (Å²) in [6.45, 7) is 4.28. The molecule has 1 aromatic carbocycles. The molecule has 0 aliphatic carbocycles. The predicted octanol–water partition coefficient (Wildman–Crippen LogP) is 2.73. The van der Waals surface area contributed by atoms with Gasteiger partial charge in [-0.15, -0.1) is 0 Å². The number of para-hydroxylation sites is 1. The summed E-state index contributed by atoms with van der Waals surface area (Å²) in [5.41, 5.74) is 14.4. The van der Waals surface area contributed by atoms with Crippen LogP contribution in [0.15, 0.2) is 42.6 Å². The molecule has 0 saturated heterocycles. The van der Waals surface area contributed by atoms with Crippen molar-refractivity contribution in [2.24, 2.45) is 11.5 Å². The molecular weight excluding hydrogens is 350 g/mol. The first kappa shape index (κ1) is 19.9. The molecule has 2 heterocycles. The first-order valence-electron chi connectivity index (χ1n) is 9.62. The maximum atomic E-state index is 12.4. The van der Waals surface area contributed by atoms with E-state index in [4.69, 9.17) is 11.5 Å². The fraction of sp³-hybridized carbons (Fsp3) is 0.364. The lowest BCUT2D eigenvalue weighted by Gasteiger charge is -2.39. The quantitative estimate of drug-likeness (QED) is 0.712. The molecule has 3 rings (SSSR count). The summed E-state index contributed by atoms with van der Waals surface area (Å²) in [7, 11) is 0. The second-order valence-electron chi connectivity index (χ2n) is 6.94. The van der Waals surface area contributed by atoms with Crippen LogP contribution in [0.2, 0.25) is 0 Å². The number of fused-ring (bicyclic) bond motifs is 1. The van der Waals surface area contributed by atoms with E-state index >= 15 is 0 Å². The number of amides is 1. The Morgan fingerprint density at radius 2 is 2.14 bits per heavy atom. The fourth-order valence-electron chi connectivity index (χ4n) is 3.61. The summed E-state index contributed by atoms with van der Waals surface area (Å²) >= 11 is 0. The highest BCUT2D eigenvalue weighted by molar-refractivity contribution is 5.95. The van der Waals surface area contributed by atoms with Crippen LogP contribution in [0.25, 0.3) is 0 Å². The van der Waals surface area contributed by atoms with Gasteiger partial charge in [-0.2, -0.15) is 0 Å². The molecule has 0 fully saturated rings. The standard InChI is InChI=1S/C22H27N5O/c1-3-22(28)27-15(2)13-19(17-7-4-5-9-20(17)27)26-21-11-10-16(14-25-21)18(24)8-6-12-23/h4-5,7,9-11,14-15,18-19H,3,12-13,23-24H2,1-2H3,(H,25,26)/t15-,18?,19+/m0/s1. The maximum Gasteiger partial charge on any atom is 0.226 e. The number of benzene rings is 1. The molecule has 146 valence electrons. The van der Waals surface area contributed by atoms with Crippen LogP contribution in [0.1, 0.15) is 49.9 Å². The zero-order chi connectivity index (χ0) is 20.1. The van der Waals surface area contributed by atoms with Crippen LogP contribution in [0.5, 0.6) is 0 Å². The SMILES string of the molecule is CCC(=O)N1c2ccccc2[C@H](Nc2ccc(C(N)C#CCN)cn2)C[C@@H]1C. The molecular formula is C22H27N5O. The number of hydrogen-bond acceptors (Lipinski definition) is 5. The van der Waals surface area contributed by atoms with E-state index in [0.29, 0.717) is 6.42 Å². The average Bonchev–Trinajstić information content (AvgIpc) is 2.72. The average molecular weight is 377 g/mol. The van der Waals surface area contributed by atoms with Gasteiger partial charge < -0.3 is 21.7 Å². The molecule has 0 bridgehead atoms. The van der Waals surface area contributed by atoms with Gasteiger partial charge in [0.05, 0.1) is 18.6 Å². The van der Waals surface area contributed by atoms with Crippen LogP contribution in [0.3, 0.4) is 0 Å². The lowest BCUT2D eigenvalue weighted by atomic mass is 9.91. The van der Waals surface area contributed by atoms with Gasteiger partial charge in [0, 0.05) is 24.3 Å². The van der Waals surface area contributed by atoms with Gasteiger partial charge in [-0.3, -0.25) is 4.79 Å².